The van der Waals surface area contributed by atoms with E-state index < -0.39 is 0 Å². The molecule has 1 aromatic rings. The van der Waals surface area contributed by atoms with Gasteiger partial charge in [0.2, 0.25) is 0 Å². The summed E-state index contributed by atoms with van der Waals surface area (Å²) < 4.78 is 0. The van der Waals surface area contributed by atoms with E-state index in [9.17, 15) is 5.11 Å². The monoisotopic (exact) mass is 233 g/mol. The number of hydrogen-bond donors (Lipinski definition) is 2. The SMILES string of the molecule is CCC(CC)(CO)NCC1Cc2ccccc21. The average Bonchev–Trinajstić information content (AvgIpc) is 2.36. The van der Waals surface area contributed by atoms with E-state index in [0.717, 1.165) is 19.4 Å². The topological polar surface area (TPSA) is 32.3 Å². The third-order valence-corrected chi connectivity index (χ3v) is 4.34. The molecule has 0 radical (unpaired) electrons. The van der Waals surface area contributed by atoms with Gasteiger partial charge in [0.05, 0.1) is 6.61 Å². The van der Waals surface area contributed by atoms with Crippen LogP contribution in [0.25, 0.3) is 0 Å². The first-order valence-electron chi connectivity index (χ1n) is 6.68. The second-order valence-corrected chi connectivity index (χ2v) is 5.13. The number of fused-ring (bicyclic) bond motifs is 1. The molecule has 1 atom stereocenters. The molecule has 1 aromatic carbocycles. The molecule has 0 aromatic heterocycles. The lowest BCUT2D eigenvalue weighted by atomic mass is 9.77. The van der Waals surface area contributed by atoms with Crippen LogP contribution in [0.2, 0.25) is 0 Å². The molecule has 0 saturated carbocycles. The van der Waals surface area contributed by atoms with E-state index in [4.69, 9.17) is 0 Å². The van der Waals surface area contributed by atoms with E-state index in [1.54, 1.807) is 0 Å². The Hall–Kier alpha value is -0.860. The summed E-state index contributed by atoms with van der Waals surface area (Å²) in [5, 5.41) is 13.1. The van der Waals surface area contributed by atoms with E-state index in [-0.39, 0.29) is 12.1 Å². The number of aliphatic hydroxyl groups excluding tert-OH is 1. The van der Waals surface area contributed by atoms with Crippen LogP contribution in [-0.4, -0.2) is 23.8 Å². The van der Waals surface area contributed by atoms with Gasteiger partial charge in [-0.3, -0.25) is 0 Å². The molecule has 17 heavy (non-hydrogen) atoms. The van der Waals surface area contributed by atoms with Gasteiger partial charge in [0.25, 0.3) is 0 Å². The van der Waals surface area contributed by atoms with Gasteiger partial charge in [-0.25, -0.2) is 0 Å². The van der Waals surface area contributed by atoms with Crippen LogP contribution in [0.15, 0.2) is 24.3 Å². The summed E-state index contributed by atoms with van der Waals surface area (Å²) in [4.78, 5) is 0. The Kier molecular flexibility index (Phi) is 3.85. The Morgan fingerprint density at radius 2 is 2.00 bits per heavy atom. The Balaban J connectivity index is 1.92. The highest BCUT2D eigenvalue weighted by atomic mass is 16.3. The first-order valence-corrected chi connectivity index (χ1v) is 6.68. The highest BCUT2D eigenvalue weighted by Gasteiger charge is 2.30. The van der Waals surface area contributed by atoms with Crippen molar-refractivity contribution in [3.05, 3.63) is 35.4 Å². The van der Waals surface area contributed by atoms with E-state index in [2.05, 4.69) is 43.4 Å². The van der Waals surface area contributed by atoms with Crippen molar-refractivity contribution in [3.63, 3.8) is 0 Å². The van der Waals surface area contributed by atoms with Crippen molar-refractivity contribution in [2.45, 2.75) is 44.6 Å². The van der Waals surface area contributed by atoms with Crippen LogP contribution in [0.3, 0.4) is 0 Å². The number of hydrogen-bond acceptors (Lipinski definition) is 2. The van der Waals surface area contributed by atoms with Gasteiger partial charge < -0.3 is 10.4 Å². The Morgan fingerprint density at radius 1 is 1.29 bits per heavy atom. The van der Waals surface area contributed by atoms with Crippen LogP contribution < -0.4 is 5.32 Å². The molecule has 0 amide bonds. The van der Waals surface area contributed by atoms with Crippen molar-refractivity contribution in [1.82, 2.24) is 5.32 Å². The highest BCUT2D eigenvalue weighted by Crippen LogP contribution is 2.34. The largest absolute Gasteiger partial charge is 0.394 e. The third kappa shape index (κ3) is 2.38. The molecule has 2 rings (SSSR count). The van der Waals surface area contributed by atoms with Crippen molar-refractivity contribution in [2.75, 3.05) is 13.2 Å². The quantitative estimate of drug-likeness (QED) is 0.791. The molecule has 1 aliphatic rings. The van der Waals surface area contributed by atoms with Gasteiger partial charge in [-0.2, -0.15) is 0 Å². The fraction of sp³-hybridized carbons (Fsp3) is 0.600. The van der Waals surface area contributed by atoms with Crippen LogP contribution in [0.1, 0.15) is 43.7 Å². The lowest BCUT2D eigenvalue weighted by Crippen LogP contribution is -2.49. The first kappa shape index (κ1) is 12.6. The maximum absolute atomic E-state index is 9.51. The zero-order chi connectivity index (χ0) is 12.3. The lowest BCUT2D eigenvalue weighted by Gasteiger charge is -2.36. The summed E-state index contributed by atoms with van der Waals surface area (Å²) >= 11 is 0. The number of aliphatic hydroxyl groups is 1. The average molecular weight is 233 g/mol. The standard InChI is InChI=1S/C15H23NO/c1-3-15(4-2,11-17)16-10-13-9-12-7-5-6-8-14(12)13/h5-8,13,16-17H,3-4,9-11H2,1-2H3. The molecule has 2 heteroatoms. The zero-order valence-electron chi connectivity index (χ0n) is 10.9. The predicted octanol–water partition coefficient (Wildman–Crippen LogP) is 2.47. The summed E-state index contributed by atoms with van der Waals surface area (Å²) in [6.07, 6.45) is 3.14. The molecule has 0 bridgehead atoms. The molecule has 0 saturated heterocycles. The van der Waals surface area contributed by atoms with Crippen molar-refractivity contribution in [1.29, 1.82) is 0 Å². The lowest BCUT2D eigenvalue weighted by molar-refractivity contribution is 0.148. The number of rotatable bonds is 6. The van der Waals surface area contributed by atoms with Crippen molar-refractivity contribution in [3.8, 4) is 0 Å². The maximum atomic E-state index is 9.51. The molecule has 0 aliphatic heterocycles. The van der Waals surface area contributed by atoms with Gasteiger partial charge >= 0.3 is 0 Å². The minimum atomic E-state index is -0.0788. The summed E-state index contributed by atoms with van der Waals surface area (Å²) in [5.74, 6) is 0.634. The Morgan fingerprint density at radius 3 is 2.59 bits per heavy atom. The molecule has 0 spiro atoms. The third-order valence-electron chi connectivity index (χ3n) is 4.34. The van der Waals surface area contributed by atoms with Crippen molar-refractivity contribution in [2.24, 2.45) is 0 Å². The van der Waals surface area contributed by atoms with Gasteiger partial charge in [-0.1, -0.05) is 38.1 Å². The molecular formula is C15H23NO. The van der Waals surface area contributed by atoms with Gasteiger partial charge in [0.1, 0.15) is 0 Å². The number of nitrogens with one attached hydrogen (secondary N) is 1. The van der Waals surface area contributed by atoms with Crippen LogP contribution in [-0.2, 0) is 6.42 Å². The van der Waals surface area contributed by atoms with Crippen LogP contribution in [0, 0.1) is 0 Å². The predicted molar refractivity (Wildman–Crippen MR) is 71.3 cm³/mol. The number of benzene rings is 1. The molecule has 94 valence electrons. The minimum absolute atomic E-state index is 0.0788. The van der Waals surface area contributed by atoms with Gasteiger partial charge in [-0.15, -0.1) is 0 Å². The Bertz CT molecular complexity index is 363. The van der Waals surface area contributed by atoms with Gasteiger partial charge in [-0.05, 0) is 30.4 Å². The second kappa shape index (κ2) is 5.19. The maximum Gasteiger partial charge on any atom is 0.0613 e. The fourth-order valence-electron chi connectivity index (χ4n) is 2.66. The van der Waals surface area contributed by atoms with Crippen molar-refractivity contribution >= 4 is 0 Å². The van der Waals surface area contributed by atoms with E-state index in [1.165, 1.54) is 17.5 Å². The fourth-order valence-corrected chi connectivity index (χ4v) is 2.66. The molecule has 0 fully saturated rings. The minimum Gasteiger partial charge on any atom is -0.394 e. The molecule has 2 N–H and O–H groups in total. The second-order valence-electron chi connectivity index (χ2n) is 5.13. The van der Waals surface area contributed by atoms with Crippen LogP contribution >= 0.6 is 0 Å². The molecule has 0 heterocycles. The van der Waals surface area contributed by atoms with Crippen LogP contribution in [0.5, 0.6) is 0 Å². The summed E-state index contributed by atoms with van der Waals surface area (Å²) in [7, 11) is 0. The van der Waals surface area contributed by atoms with E-state index in [0.29, 0.717) is 5.92 Å². The smallest absolute Gasteiger partial charge is 0.0613 e. The molecule has 2 nitrogen and oxygen atoms in total. The molecular weight excluding hydrogens is 210 g/mol. The summed E-state index contributed by atoms with van der Waals surface area (Å²) in [6, 6.07) is 8.66. The van der Waals surface area contributed by atoms with E-state index in [1.807, 2.05) is 0 Å². The summed E-state index contributed by atoms with van der Waals surface area (Å²) in [6.45, 7) is 5.50. The Labute approximate surface area is 104 Å². The van der Waals surface area contributed by atoms with Crippen LogP contribution in [0.4, 0.5) is 0 Å². The van der Waals surface area contributed by atoms with E-state index >= 15 is 0 Å². The van der Waals surface area contributed by atoms with Crippen molar-refractivity contribution < 1.29 is 5.11 Å². The highest BCUT2D eigenvalue weighted by molar-refractivity contribution is 5.40. The molecule has 1 aliphatic carbocycles. The zero-order valence-corrected chi connectivity index (χ0v) is 10.9. The first-order chi connectivity index (χ1) is 8.24. The summed E-state index contributed by atoms with van der Waals surface area (Å²) in [5.41, 5.74) is 2.89. The normalized spacial score (nSPS) is 18.6. The molecule has 1 unspecified atom stereocenters. The van der Waals surface area contributed by atoms with Gasteiger partial charge in [0, 0.05) is 18.0 Å². The van der Waals surface area contributed by atoms with Gasteiger partial charge in [0.15, 0.2) is 0 Å².